The van der Waals surface area contributed by atoms with Gasteiger partial charge in [-0.1, -0.05) is 13.8 Å². The van der Waals surface area contributed by atoms with Crippen LogP contribution >= 0.6 is 0 Å². The number of rotatable bonds is 3. The summed E-state index contributed by atoms with van der Waals surface area (Å²) in [7, 11) is 2.01. The van der Waals surface area contributed by atoms with Crippen LogP contribution in [0.3, 0.4) is 0 Å². The molecule has 0 spiro atoms. The van der Waals surface area contributed by atoms with Crippen molar-refractivity contribution in [2.24, 2.45) is 13.0 Å². The molecule has 1 amide bonds. The molecule has 3 rings (SSSR count). The number of piperazine rings is 1. The third kappa shape index (κ3) is 2.77. The Labute approximate surface area is 132 Å². The van der Waals surface area contributed by atoms with E-state index in [1.54, 1.807) is 0 Å². The number of hydrogen-bond donors (Lipinski definition) is 0. The van der Waals surface area contributed by atoms with Crippen molar-refractivity contribution in [1.29, 1.82) is 0 Å². The Hall–Kier alpha value is -1.40. The van der Waals surface area contributed by atoms with Crippen molar-refractivity contribution in [2.75, 3.05) is 32.8 Å². The first kappa shape index (κ1) is 15.5. The van der Waals surface area contributed by atoms with Gasteiger partial charge in [0, 0.05) is 45.7 Å². The van der Waals surface area contributed by atoms with E-state index in [0.29, 0.717) is 19.1 Å². The molecule has 0 bridgehead atoms. The summed E-state index contributed by atoms with van der Waals surface area (Å²) in [5.41, 5.74) is 0. The van der Waals surface area contributed by atoms with Crippen LogP contribution in [0.15, 0.2) is 12.4 Å². The molecule has 3 atom stereocenters. The minimum absolute atomic E-state index is 0.153. The molecule has 2 fully saturated rings. The Morgan fingerprint density at radius 1 is 1.45 bits per heavy atom. The van der Waals surface area contributed by atoms with E-state index in [1.165, 1.54) is 0 Å². The van der Waals surface area contributed by atoms with Crippen LogP contribution in [0.1, 0.15) is 32.1 Å². The van der Waals surface area contributed by atoms with Crippen LogP contribution in [0.25, 0.3) is 0 Å². The number of likely N-dealkylation sites (N-methyl/N-ethyl adjacent to an activating group) is 1. The number of ether oxygens (including phenoxy) is 1. The molecule has 0 unspecified atom stereocenters. The van der Waals surface area contributed by atoms with Crippen molar-refractivity contribution in [3.63, 3.8) is 0 Å². The summed E-state index contributed by atoms with van der Waals surface area (Å²) in [6.45, 7) is 8.31. The average Bonchev–Trinajstić information content (AvgIpc) is 3.14. The Balaban J connectivity index is 1.75. The minimum Gasteiger partial charge on any atom is -0.368 e. The summed E-state index contributed by atoms with van der Waals surface area (Å²) >= 11 is 0. The van der Waals surface area contributed by atoms with Gasteiger partial charge in [-0.05, 0) is 18.9 Å². The zero-order valence-corrected chi connectivity index (χ0v) is 13.7. The normalized spacial score (nSPS) is 30.0. The van der Waals surface area contributed by atoms with Crippen molar-refractivity contribution >= 4 is 5.91 Å². The van der Waals surface area contributed by atoms with Crippen molar-refractivity contribution in [2.45, 2.75) is 32.4 Å². The summed E-state index contributed by atoms with van der Waals surface area (Å²) in [6, 6.07) is 0.166. The highest BCUT2D eigenvalue weighted by molar-refractivity contribution is 5.81. The molecule has 6 heteroatoms. The van der Waals surface area contributed by atoms with E-state index in [0.717, 1.165) is 31.9 Å². The van der Waals surface area contributed by atoms with Gasteiger partial charge in [0.15, 0.2) is 0 Å². The van der Waals surface area contributed by atoms with Gasteiger partial charge in [-0.3, -0.25) is 9.69 Å². The summed E-state index contributed by atoms with van der Waals surface area (Å²) in [4.78, 5) is 21.6. The molecule has 3 heterocycles. The van der Waals surface area contributed by atoms with Crippen molar-refractivity contribution < 1.29 is 9.53 Å². The summed E-state index contributed by atoms with van der Waals surface area (Å²) in [6.07, 6.45) is 4.52. The van der Waals surface area contributed by atoms with E-state index < -0.39 is 0 Å². The fourth-order valence-corrected chi connectivity index (χ4v) is 3.53. The second-order valence-electron chi connectivity index (χ2n) is 6.38. The molecule has 1 aromatic heterocycles. The van der Waals surface area contributed by atoms with Crippen LogP contribution in [0.2, 0.25) is 0 Å². The Kier molecular flexibility index (Phi) is 4.49. The number of imidazole rings is 1. The molecular weight excluding hydrogens is 280 g/mol. The third-order valence-corrected chi connectivity index (χ3v) is 5.00. The number of hydrogen-bond acceptors (Lipinski definition) is 4. The van der Waals surface area contributed by atoms with E-state index in [9.17, 15) is 4.79 Å². The maximum Gasteiger partial charge on any atom is 0.252 e. The van der Waals surface area contributed by atoms with Crippen LogP contribution in [0.5, 0.6) is 0 Å². The standard InChI is InChI=1S/C16H26N4O2/c1-4-19-8-9-20(16(21)14-12(2)5-10-22-14)11-13(19)15-17-6-7-18(15)3/h6-7,12-14H,4-5,8-11H2,1-3H3/t12-,13+,14+/m0/s1. The maximum absolute atomic E-state index is 12.8. The molecule has 22 heavy (non-hydrogen) atoms. The highest BCUT2D eigenvalue weighted by Crippen LogP contribution is 2.27. The second kappa shape index (κ2) is 6.38. The molecule has 0 aliphatic carbocycles. The molecule has 0 aromatic carbocycles. The van der Waals surface area contributed by atoms with E-state index in [4.69, 9.17) is 4.74 Å². The molecule has 2 aliphatic heterocycles. The van der Waals surface area contributed by atoms with Crippen molar-refractivity contribution in [1.82, 2.24) is 19.4 Å². The molecule has 0 radical (unpaired) electrons. The third-order valence-electron chi connectivity index (χ3n) is 5.00. The molecule has 1 aromatic rings. The highest BCUT2D eigenvalue weighted by atomic mass is 16.5. The van der Waals surface area contributed by atoms with Crippen LogP contribution in [0.4, 0.5) is 0 Å². The van der Waals surface area contributed by atoms with E-state index in [-0.39, 0.29) is 18.1 Å². The molecule has 0 N–H and O–H groups in total. The first-order chi connectivity index (χ1) is 10.6. The Morgan fingerprint density at radius 3 is 2.86 bits per heavy atom. The lowest BCUT2D eigenvalue weighted by molar-refractivity contribution is -0.145. The zero-order valence-electron chi connectivity index (χ0n) is 13.7. The number of aryl methyl sites for hydroxylation is 1. The number of aromatic nitrogens is 2. The summed E-state index contributed by atoms with van der Waals surface area (Å²) < 4.78 is 7.71. The van der Waals surface area contributed by atoms with Crippen molar-refractivity contribution in [3.8, 4) is 0 Å². The molecule has 2 aliphatic rings. The van der Waals surface area contributed by atoms with Gasteiger partial charge >= 0.3 is 0 Å². The summed E-state index contributed by atoms with van der Waals surface area (Å²) in [5.74, 6) is 1.50. The van der Waals surface area contributed by atoms with E-state index in [1.807, 2.05) is 24.3 Å². The minimum atomic E-state index is -0.254. The molecule has 2 saturated heterocycles. The zero-order chi connectivity index (χ0) is 15.7. The highest BCUT2D eigenvalue weighted by Gasteiger charge is 2.38. The van der Waals surface area contributed by atoms with E-state index >= 15 is 0 Å². The van der Waals surface area contributed by atoms with Gasteiger partial charge < -0.3 is 14.2 Å². The topological polar surface area (TPSA) is 50.6 Å². The SMILES string of the molecule is CCN1CCN(C(=O)[C@@H]2OCC[C@@H]2C)C[C@@H]1c1nccn1C. The Morgan fingerprint density at radius 2 is 2.27 bits per heavy atom. The first-order valence-corrected chi connectivity index (χ1v) is 8.23. The van der Waals surface area contributed by atoms with Gasteiger partial charge in [-0.2, -0.15) is 0 Å². The molecule has 122 valence electrons. The molecule has 0 saturated carbocycles. The van der Waals surface area contributed by atoms with Crippen LogP contribution in [0, 0.1) is 5.92 Å². The van der Waals surface area contributed by atoms with Gasteiger partial charge in [0.25, 0.3) is 5.91 Å². The second-order valence-corrected chi connectivity index (χ2v) is 6.38. The lowest BCUT2D eigenvalue weighted by Crippen LogP contribution is -2.53. The largest absolute Gasteiger partial charge is 0.368 e. The van der Waals surface area contributed by atoms with Crippen LogP contribution in [-0.2, 0) is 16.6 Å². The van der Waals surface area contributed by atoms with Gasteiger partial charge in [-0.15, -0.1) is 0 Å². The number of nitrogens with zero attached hydrogens (tertiary/aromatic N) is 4. The predicted molar refractivity (Wildman–Crippen MR) is 83.3 cm³/mol. The van der Waals surface area contributed by atoms with Crippen LogP contribution in [-0.4, -0.2) is 64.1 Å². The molecule has 6 nitrogen and oxygen atoms in total. The smallest absolute Gasteiger partial charge is 0.252 e. The lowest BCUT2D eigenvalue weighted by Gasteiger charge is -2.41. The van der Waals surface area contributed by atoms with Gasteiger partial charge in [0.1, 0.15) is 11.9 Å². The van der Waals surface area contributed by atoms with Crippen molar-refractivity contribution in [3.05, 3.63) is 18.2 Å². The first-order valence-electron chi connectivity index (χ1n) is 8.23. The Bertz CT molecular complexity index is 530. The number of amides is 1. The van der Waals surface area contributed by atoms with Gasteiger partial charge in [0.2, 0.25) is 0 Å². The van der Waals surface area contributed by atoms with E-state index in [2.05, 4.69) is 28.3 Å². The average molecular weight is 306 g/mol. The fourth-order valence-electron chi connectivity index (χ4n) is 3.53. The van der Waals surface area contributed by atoms with Gasteiger partial charge in [-0.25, -0.2) is 4.98 Å². The van der Waals surface area contributed by atoms with Crippen LogP contribution < -0.4 is 0 Å². The predicted octanol–water partition coefficient (Wildman–Crippen LogP) is 1.05. The summed E-state index contributed by atoms with van der Waals surface area (Å²) in [5, 5.41) is 0. The number of carbonyl (C=O) groups is 1. The quantitative estimate of drug-likeness (QED) is 0.837. The monoisotopic (exact) mass is 306 g/mol. The fraction of sp³-hybridized carbons (Fsp3) is 0.750. The number of carbonyl (C=O) groups excluding carboxylic acids is 1. The maximum atomic E-state index is 12.8. The lowest BCUT2D eigenvalue weighted by atomic mass is 10.0. The van der Waals surface area contributed by atoms with Gasteiger partial charge in [0.05, 0.1) is 6.04 Å². The molecular formula is C16H26N4O2.